The fourth-order valence-corrected chi connectivity index (χ4v) is 4.40. The van der Waals surface area contributed by atoms with Crippen molar-refractivity contribution < 1.29 is 4.48 Å². The summed E-state index contributed by atoms with van der Waals surface area (Å²) >= 11 is 0. The Labute approximate surface area is 167 Å². The van der Waals surface area contributed by atoms with Gasteiger partial charge in [0.15, 0.2) is 0 Å². The Morgan fingerprint density at radius 2 is 1.11 bits per heavy atom. The van der Waals surface area contributed by atoms with E-state index in [1.807, 2.05) is 0 Å². The molecule has 0 saturated heterocycles. The van der Waals surface area contributed by atoms with Crippen molar-refractivity contribution in [3.8, 4) is 0 Å². The lowest BCUT2D eigenvalue weighted by atomic mass is 9.96. The zero-order valence-corrected chi connectivity index (χ0v) is 17.7. The van der Waals surface area contributed by atoms with Gasteiger partial charge in [0.2, 0.25) is 0 Å². The molecule has 0 spiro atoms. The van der Waals surface area contributed by atoms with Gasteiger partial charge in [0.1, 0.15) is 0 Å². The van der Waals surface area contributed by atoms with Crippen LogP contribution in [0.25, 0.3) is 5.57 Å². The maximum absolute atomic E-state index is 2.46. The lowest BCUT2D eigenvalue weighted by Gasteiger charge is -2.38. The van der Waals surface area contributed by atoms with Crippen LogP contribution in [0.5, 0.6) is 0 Å². The molecule has 0 radical (unpaired) electrons. The number of rotatable bonds is 12. The van der Waals surface area contributed by atoms with Crippen LogP contribution in [-0.4, -0.2) is 30.7 Å². The number of hydrogen-bond donors (Lipinski definition) is 0. The average Bonchev–Trinajstić information content (AvgIpc) is 2.70. The van der Waals surface area contributed by atoms with E-state index in [9.17, 15) is 0 Å². The smallest absolute Gasteiger partial charge is 0.0789 e. The first kappa shape index (κ1) is 21.4. The normalized spacial score (nSPS) is 11.4. The Morgan fingerprint density at radius 3 is 1.52 bits per heavy atom. The number of nitrogens with zero attached hydrogens (tertiary/aromatic N) is 1. The van der Waals surface area contributed by atoms with E-state index in [4.69, 9.17) is 0 Å². The van der Waals surface area contributed by atoms with Gasteiger partial charge in [-0.1, -0.05) is 87.5 Å². The molecular formula is C26H38N+. The molecule has 2 aromatic rings. The number of quaternary nitrogens is 1. The largest absolute Gasteiger partial charge is 0.324 e. The zero-order valence-electron chi connectivity index (χ0n) is 17.7. The van der Waals surface area contributed by atoms with E-state index in [2.05, 4.69) is 87.5 Å². The summed E-state index contributed by atoms with van der Waals surface area (Å²) in [4.78, 5) is 0. The Hall–Kier alpha value is -1.86. The van der Waals surface area contributed by atoms with Gasteiger partial charge in [0.25, 0.3) is 0 Å². The summed E-state index contributed by atoms with van der Waals surface area (Å²) in [6.45, 7) is 12.3. The van der Waals surface area contributed by atoms with E-state index in [1.54, 1.807) is 0 Å². The van der Waals surface area contributed by atoms with E-state index in [-0.39, 0.29) is 0 Å². The fourth-order valence-electron chi connectivity index (χ4n) is 4.40. The molecular weight excluding hydrogens is 326 g/mol. The van der Waals surface area contributed by atoms with Crippen molar-refractivity contribution in [2.75, 3.05) is 26.2 Å². The van der Waals surface area contributed by atoms with E-state index in [0.29, 0.717) is 0 Å². The van der Waals surface area contributed by atoms with Crippen LogP contribution in [0, 0.1) is 0 Å². The van der Waals surface area contributed by atoms with Crippen LogP contribution < -0.4 is 0 Å². The van der Waals surface area contributed by atoms with Crippen molar-refractivity contribution in [2.45, 2.75) is 52.9 Å². The van der Waals surface area contributed by atoms with Gasteiger partial charge in [-0.2, -0.15) is 0 Å². The maximum Gasteiger partial charge on any atom is 0.0789 e. The summed E-state index contributed by atoms with van der Waals surface area (Å²) in [6.07, 6.45) is 8.74. The third-order valence-corrected chi connectivity index (χ3v) is 5.45. The second kappa shape index (κ2) is 11.8. The molecule has 0 saturated carbocycles. The fraction of sp³-hybridized carbons (Fsp3) is 0.462. The number of benzene rings is 2. The Balaban J connectivity index is 2.11. The van der Waals surface area contributed by atoms with Crippen LogP contribution in [0.4, 0.5) is 0 Å². The molecule has 27 heavy (non-hydrogen) atoms. The van der Waals surface area contributed by atoms with Crippen LogP contribution in [-0.2, 0) is 0 Å². The van der Waals surface area contributed by atoms with Gasteiger partial charge in [-0.3, -0.25) is 0 Å². The molecule has 1 heteroatoms. The highest BCUT2D eigenvalue weighted by molar-refractivity contribution is 5.79. The highest BCUT2D eigenvalue weighted by atomic mass is 15.3. The minimum Gasteiger partial charge on any atom is -0.324 e. The monoisotopic (exact) mass is 364 g/mol. The molecule has 0 aliphatic rings. The van der Waals surface area contributed by atoms with Gasteiger partial charge in [-0.15, -0.1) is 0 Å². The highest BCUT2D eigenvalue weighted by Gasteiger charge is 2.23. The third-order valence-electron chi connectivity index (χ3n) is 5.45. The van der Waals surface area contributed by atoms with Gasteiger partial charge in [-0.25, -0.2) is 0 Å². The Kier molecular flexibility index (Phi) is 9.35. The minimum absolute atomic E-state index is 1.15. The number of hydrogen-bond acceptors (Lipinski definition) is 0. The molecule has 0 atom stereocenters. The molecule has 0 aromatic heterocycles. The Bertz CT molecular complexity index is 599. The average molecular weight is 365 g/mol. The quantitative estimate of drug-likeness (QED) is 0.282. The SMILES string of the molecule is CCC[N+](CCC)(CCC)CCCC=C(c1ccccc1)c1ccccc1. The van der Waals surface area contributed by atoms with E-state index in [0.717, 1.165) is 6.42 Å². The van der Waals surface area contributed by atoms with Crippen LogP contribution >= 0.6 is 0 Å². The summed E-state index contributed by atoms with van der Waals surface area (Å²) in [7, 11) is 0. The molecule has 0 fully saturated rings. The van der Waals surface area contributed by atoms with Crippen LogP contribution in [0.2, 0.25) is 0 Å². The van der Waals surface area contributed by atoms with Crippen molar-refractivity contribution >= 4 is 5.57 Å². The van der Waals surface area contributed by atoms with Crippen LogP contribution in [0.1, 0.15) is 64.0 Å². The molecule has 0 unspecified atom stereocenters. The first-order chi connectivity index (χ1) is 13.2. The number of unbranched alkanes of at least 4 members (excludes halogenated alkanes) is 1. The molecule has 2 rings (SSSR count). The lowest BCUT2D eigenvalue weighted by molar-refractivity contribution is -0.928. The molecule has 0 aliphatic carbocycles. The van der Waals surface area contributed by atoms with Crippen molar-refractivity contribution in [1.82, 2.24) is 0 Å². The molecule has 0 N–H and O–H groups in total. The van der Waals surface area contributed by atoms with Crippen molar-refractivity contribution in [2.24, 2.45) is 0 Å². The minimum atomic E-state index is 1.15. The standard InChI is InChI=1S/C26H38N/c1-4-20-27(21-5-2,22-6-3)23-14-13-19-26(24-15-9-7-10-16-24)25-17-11-8-12-18-25/h7-12,15-19H,4-6,13-14,20-23H2,1-3H3/q+1. The predicted octanol–water partition coefficient (Wildman–Crippen LogP) is 6.95. The molecule has 146 valence electrons. The third kappa shape index (κ3) is 6.66. The maximum atomic E-state index is 2.46. The summed E-state index contributed by atoms with van der Waals surface area (Å²) in [5.74, 6) is 0. The molecule has 1 nitrogen and oxygen atoms in total. The topological polar surface area (TPSA) is 0 Å². The summed E-state index contributed by atoms with van der Waals surface area (Å²) < 4.78 is 1.31. The van der Waals surface area contributed by atoms with Crippen molar-refractivity contribution in [1.29, 1.82) is 0 Å². The van der Waals surface area contributed by atoms with Crippen molar-refractivity contribution in [3.05, 3.63) is 77.9 Å². The van der Waals surface area contributed by atoms with Crippen LogP contribution in [0.3, 0.4) is 0 Å². The first-order valence-electron chi connectivity index (χ1n) is 10.9. The summed E-state index contributed by atoms with van der Waals surface area (Å²) in [5, 5.41) is 0. The highest BCUT2D eigenvalue weighted by Crippen LogP contribution is 2.24. The Morgan fingerprint density at radius 1 is 0.667 bits per heavy atom. The molecule has 0 aliphatic heterocycles. The molecule has 0 amide bonds. The summed E-state index contributed by atoms with van der Waals surface area (Å²) in [6, 6.07) is 21.6. The van der Waals surface area contributed by atoms with E-state index < -0.39 is 0 Å². The molecule has 0 bridgehead atoms. The van der Waals surface area contributed by atoms with Crippen LogP contribution in [0.15, 0.2) is 66.7 Å². The van der Waals surface area contributed by atoms with E-state index in [1.165, 1.54) is 73.0 Å². The van der Waals surface area contributed by atoms with Gasteiger partial charge in [0, 0.05) is 6.42 Å². The number of allylic oxidation sites excluding steroid dienone is 1. The molecule has 0 heterocycles. The second-order valence-electron chi connectivity index (χ2n) is 7.73. The first-order valence-corrected chi connectivity index (χ1v) is 10.9. The van der Waals surface area contributed by atoms with Crippen molar-refractivity contribution in [3.63, 3.8) is 0 Å². The van der Waals surface area contributed by atoms with E-state index >= 15 is 0 Å². The van der Waals surface area contributed by atoms with Gasteiger partial charge >= 0.3 is 0 Å². The van der Waals surface area contributed by atoms with Gasteiger partial charge < -0.3 is 4.48 Å². The lowest BCUT2D eigenvalue weighted by Crippen LogP contribution is -2.50. The summed E-state index contributed by atoms with van der Waals surface area (Å²) in [5.41, 5.74) is 4.01. The van der Waals surface area contributed by atoms with Gasteiger partial charge in [-0.05, 0) is 42.4 Å². The van der Waals surface area contributed by atoms with Gasteiger partial charge in [0.05, 0.1) is 26.2 Å². The molecule has 2 aromatic carbocycles. The zero-order chi connectivity index (χ0) is 19.4. The second-order valence-corrected chi connectivity index (χ2v) is 7.73. The predicted molar refractivity (Wildman–Crippen MR) is 120 cm³/mol.